The number of rotatable bonds is 7. The Kier molecular flexibility index (Phi) is 10.7. The van der Waals surface area contributed by atoms with Crippen LogP contribution < -0.4 is 0 Å². The molecule has 12 heavy (non-hydrogen) atoms. The molecule has 0 rings (SSSR count). The van der Waals surface area contributed by atoms with Gasteiger partial charge in [-0.05, 0) is 17.9 Å². The SMILES string of the molecule is SCCSC(CCS)C(S)CS. The summed E-state index contributed by atoms with van der Waals surface area (Å²) in [4.78, 5) is 0. The lowest BCUT2D eigenvalue weighted by Gasteiger charge is -2.20. The molecule has 2 unspecified atom stereocenters. The van der Waals surface area contributed by atoms with Crippen LogP contribution >= 0.6 is 62.3 Å². The van der Waals surface area contributed by atoms with Crippen molar-refractivity contribution in [2.45, 2.75) is 16.9 Å². The molecule has 0 aliphatic carbocycles. The van der Waals surface area contributed by atoms with Gasteiger partial charge in [-0.15, -0.1) is 0 Å². The minimum Gasteiger partial charge on any atom is -0.179 e. The Labute approximate surface area is 102 Å². The third-order valence-corrected chi connectivity index (χ3v) is 5.10. The third-order valence-electron chi connectivity index (χ3n) is 1.45. The molecule has 0 saturated heterocycles. The maximum absolute atomic E-state index is 4.48. The van der Waals surface area contributed by atoms with Crippen molar-refractivity contribution in [1.29, 1.82) is 0 Å². The zero-order valence-corrected chi connectivity index (χ0v) is 11.3. The Hall–Kier alpha value is 1.75. The van der Waals surface area contributed by atoms with Crippen LogP contribution in [0.25, 0.3) is 0 Å². The molecule has 74 valence electrons. The quantitative estimate of drug-likeness (QED) is 0.511. The molecule has 0 spiro atoms. The van der Waals surface area contributed by atoms with E-state index in [0.29, 0.717) is 10.5 Å². The number of thiol groups is 4. The van der Waals surface area contributed by atoms with E-state index in [9.17, 15) is 0 Å². The van der Waals surface area contributed by atoms with Crippen molar-refractivity contribution >= 4 is 62.3 Å². The lowest BCUT2D eigenvalue weighted by atomic mass is 10.2. The first-order chi connectivity index (χ1) is 5.76. The summed E-state index contributed by atoms with van der Waals surface area (Å²) in [6.07, 6.45) is 1.11. The zero-order chi connectivity index (χ0) is 9.40. The van der Waals surface area contributed by atoms with Crippen LogP contribution in [0.5, 0.6) is 0 Å². The number of hydrogen-bond acceptors (Lipinski definition) is 5. The summed E-state index contributed by atoms with van der Waals surface area (Å²) in [7, 11) is 0. The standard InChI is InChI=1S/C7H16S5/c8-2-1-7(6(11)5-10)12-4-3-9/h6-11H,1-5H2. The lowest BCUT2D eigenvalue weighted by Crippen LogP contribution is -2.20. The number of hydrogen-bond donors (Lipinski definition) is 4. The molecule has 0 aliphatic heterocycles. The highest BCUT2D eigenvalue weighted by molar-refractivity contribution is 8.01. The van der Waals surface area contributed by atoms with Crippen LogP contribution in [0.15, 0.2) is 0 Å². The van der Waals surface area contributed by atoms with Crippen molar-refractivity contribution in [3.63, 3.8) is 0 Å². The second kappa shape index (κ2) is 9.31. The molecule has 0 saturated carbocycles. The highest BCUT2D eigenvalue weighted by Gasteiger charge is 2.15. The van der Waals surface area contributed by atoms with Gasteiger partial charge in [-0.2, -0.15) is 62.3 Å². The van der Waals surface area contributed by atoms with Crippen LogP contribution in [0.2, 0.25) is 0 Å². The van der Waals surface area contributed by atoms with Gasteiger partial charge in [0, 0.05) is 22.0 Å². The molecule has 0 amide bonds. The van der Waals surface area contributed by atoms with E-state index in [0.717, 1.165) is 29.4 Å². The summed E-state index contributed by atoms with van der Waals surface area (Å²) >= 11 is 19.0. The first-order valence-electron chi connectivity index (χ1n) is 3.88. The van der Waals surface area contributed by atoms with Crippen LogP contribution in [0, 0.1) is 0 Å². The fourth-order valence-electron chi connectivity index (χ4n) is 0.836. The Morgan fingerprint density at radius 3 is 2.17 bits per heavy atom. The van der Waals surface area contributed by atoms with E-state index in [2.05, 4.69) is 50.5 Å². The average molecular weight is 261 g/mol. The summed E-state index contributed by atoms with van der Waals surface area (Å²) in [6, 6.07) is 0. The summed E-state index contributed by atoms with van der Waals surface area (Å²) in [5.74, 6) is 3.78. The van der Waals surface area contributed by atoms with E-state index in [1.807, 2.05) is 11.8 Å². The fourth-order valence-corrected chi connectivity index (χ4v) is 3.42. The van der Waals surface area contributed by atoms with Crippen LogP contribution in [0.4, 0.5) is 0 Å². The van der Waals surface area contributed by atoms with Crippen LogP contribution in [0.3, 0.4) is 0 Å². The van der Waals surface area contributed by atoms with Crippen molar-refractivity contribution < 1.29 is 0 Å². The predicted octanol–water partition coefficient (Wildman–Crippen LogP) is 2.57. The molecule has 0 aliphatic rings. The van der Waals surface area contributed by atoms with Gasteiger partial charge in [-0.1, -0.05) is 0 Å². The molecule has 0 nitrogen and oxygen atoms in total. The van der Waals surface area contributed by atoms with Crippen LogP contribution in [-0.2, 0) is 0 Å². The molecule has 0 aromatic carbocycles. The van der Waals surface area contributed by atoms with Gasteiger partial charge in [-0.25, -0.2) is 0 Å². The normalized spacial score (nSPS) is 16.0. The van der Waals surface area contributed by atoms with E-state index in [1.54, 1.807) is 0 Å². The van der Waals surface area contributed by atoms with E-state index in [1.165, 1.54) is 0 Å². The average Bonchev–Trinajstić information content (AvgIpc) is 2.11. The molecule has 0 aromatic heterocycles. The van der Waals surface area contributed by atoms with Gasteiger partial charge >= 0.3 is 0 Å². The smallest absolute Gasteiger partial charge is 0.0224 e. The van der Waals surface area contributed by atoms with Gasteiger partial charge in [0.1, 0.15) is 0 Å². The van der Waals surface area contributed by atoms with Crippen molar-refractivity contribution in [1.82, 2.24) is 0 Å². The molecule has 2 atom stereocenters. The van der Waals surface area contributed by atoms with Crippen molar-refractivity contribution in [2.75, 3.05) is 23.0 Å². The molecule has 0 heterocycles. The van der Waals surface area contributed by atoms with Crippen LogP contribution in [0.1, 0.15) is 6.42 Å². The summed E-state index contributed by atoms with van der Waals surface area (Å²) in [5, 5.41) is 0.959. The molecular weight excluding hydrogens is 244 g/mol. The van der Waals surface area contributed by atoms with E-state index in [4.69, 9.17) is 0 Å². The molecule has 5 heteroatoms. The van der Waals surface area contributed by atoms with Gasteiger partial charge in [0.05, 0.1) is 0 Å². The minimum absolute atomic E-state index is 0.380. The largest absolute Gasteiger partial charge is 0.179 e. The van der Waals surface area contributed by atoms with E-state index in [-0.39, 0.29) is 0 Å². The predicted molar refractivity (Wildman–Crippen MR) is 75.2 cm³/mol. The zero-order valence-electron chi connectivity index (χ0n) is 6.89. The second-order valence-electron chi connectivity index (χ2n) is 2.40. The Bertz CT molecular complexity index is 97.8. The molecular formula is C7H16S5. The minimum atomic E-state index is 0.380. The highest BCUT2D eigenvalue weighted by atomic mass is 32.2. The molecule has 0 radical (unpaired) electrons. The first-order valence-corrected chi connectivity index (χ1v) is 7.34. The fraction of sp³-hybridized carbons (Fsp3) is 1.00. The van der Waals surface area contributed by atoms with Crippen molar-refractivity contribution in [3.8, 4) is 0 Å². The molecule has 0 bridgehead atoms. The van der Waals surface area contributed by atoms with Gasteiger partial charge in [-0.3, -0.25) is 0 Å². The van der Waals surface area contributed by atoms with E-state index < -0.39 is 0 Å². The monoisotopic (exact) mass is 260 g/mol. The summed E-state index contributed by atoms with van der Waals surface area (Å²) in [6.45, 7) is 0. The molecule has 0 fully saturated rings. The van der Waals surface area contributed by atoms with Crippen LogP contribution in [-0.4, -0.2) is 33.5 Å². The van der Waals surface area contributed by atoms with Gasteiger partial charge in [0.2, 0.25) is 0 Å². The topological polar surface area (TPSA) is 0 Å². The van der Waals surface area contributed by atoms with Gasteiger partial charge < -0.3 is 0 Å². The Morgan fingerprint density at radius 1 is 1.08 bits per heavy atom. The highest BCUT2D eigenvalue weighted by Crippen LogP contribution is 2.23. The van der Waals surface area contributed by atoms with E-state index >= 15 is 0 Å². The molecule has 0 N–H and O–H groups in total. The lowest BCUT2D eigenvalue weighted by molar-refractivity contribution is 0.829. The Balaban J connectivity index is 3.68. The Morgan fingerprint density at radius 2 is 1.75 bits per heavy atom. The molecule has 0 aromatic rings. The van der Waals surface area contributed by atoms with Crippen molar-refractivity contribution in [2.24, 2.45) is 0 Å². The second-order valence-corrected chi connectivity index (χ2v) is 5.66. The third kappa shape index (κ3) is 6.24. The van der Waals surface area contributed by atoms with Gasteiger partial charge in [0.25, 0.3) is 0 Å². The maximum Gasteiger partial charge on any atom is 0.0224 e. The van der Waals surface area contributed by atoms with Crippen molar-refractivity contribution in [3.05, 3.63) is 0 Å². The summed E-state index contributed by atoms with van der Waals surface area (Å²) in [5.41, 5.74) is 0. The summed E-state index contributed by atoms with van der Waals surface area (Å²) < 4.78 is 0. The first kappa shape index (κ1) is 13.8. The van der Waals surface area contributed by atoms with Gasteiger partial charge in [0.15, 0.2) is 0 Å². The number of thioether (sulfide) groups is 1. The maximum atomic E-state index is 4.48.